The van der Waals surface area contributed by atoms with E-state index in [4.69, 9.17) is 11.6 Å². The van der Waals surface area contributed by atoms with Crippen molar-refractivity contribution in [2.75, 3.05) is 5.75 Å². The fourth-order valence-electron chi connectivity index (χ4n) is 3.82. The molecule has 37 heavy (non-hydrogen) atoms. The zero-order chi connectivity index (χ0) is 26.8. The molecule has 9 heteroatoms. The van der Waals surface area contributed by atoms with E-state index in [2.05, 4.69) is 5.32 Å². The Labute approximate surface area is 226 Å². The average Bonchev–Trinajstić information content (AvgIpc) is 2.86. The fourth-order valence-corrected chi connectivity index (χ4v) is 4.90. The number of hydrogen-bond donors (Lipinski definition) is 1. The van der Waals surface area contributed by atoms with Crippen molar-refractivity contribution in [1.82, 2.24) is 10.2 Å². The number of non-ortho nitro benzene ring substituents is 1. The zero-order valence-electron chi connectivity index (χ0n) is 20.8. The molecule has 0 spiro atoms. The first kappa shape index (κ1) is 28.2. The molecule has 0 aromatic heterocycles. The first-order valence-corrected chi connectivity index (χ1v) is 13.5. The van der Waals surface area contributed by atoms with E-state index in [1.165, 1.54) is 23.9 Å². The third kappa shape index (κ3) is 8.91. The number of nitrogens with one attached hydrogen (secondary N) is 1. The summed E-state index contributed by atoms with van der Waals surface area (Å²) in [6.07, 6.45) is 0.374. The van der Waals surface area contributed by atoms with Gasteiger partial charge in [0.25, 0.3) is 5.69 Å². The maximum absolute atomic E-state index is 13.6. The van der Waals surface area contributed by atoms with Gasteiger partial charge in [0.1, 0.15) is 6.04 Å². The summed E-state index contributed by atoms with van der Waals surface area (Å²) in [6, 6.07) is 22.4. The lowest BCUT2D eigenvalue weighted by Crippen LogP contribution is -2.52. The van der Waals surface area contributed by atoms with E-state index >= 15 is 0 Å². The predicted octanol–water partition coefficient (Wildman–Crippen LogP) is 5.65. The van der Waals surface area contributed by atoms with Crippen LogP contribution < -0.4 is 5.32 Å². The van der Waals surface area contributed by atoms with Gasteiger partial charge in [-0.2, -0.15) is 0 Å². The Morgan fingerprint density at radius 2 is 1.65 bits per heavy atom. The predicted molar refractivity (Wildman–Crippen MR) is 148 cm³/mol. The van der Waals surface area contributed by atoms with Crippen molar-refractivity contribution in [3.05, 3.63) is 111 Å². The third-order valence-electron chi connectivity index (χ3n) is 5.59. The highest BCUT2D eigenvalue weighted by Crippen LogP contribution is 2.21. The molecule has 0 radical (unpaired) electrons. The first-order valence-electron chi connectivity index (χ1n) is 11.9. The third-order valence-corrected chi connectivity index (χ3v) is 6.81. The Bertz CT molecular complexity index is 1210. The molecule has 0 saturated heterocycles. The van der Waals surface area contributed by atoms with Crippen LogP contribution in [-0.4, -0.2) is 39.5 Å². The summed E-state index contributed by atoms with van der Waals surface area (Å²) in [6.45, 7) is 4.02. The standard InChI is InChI=1S/C28H30ClN3O4S/c1-20(2)30-28(34)26(16-21-7-4-3-5-8-21)31(17-23-9-6-10-24(29)15-23)27(33)19-37-18-22-11-13-25(14-12-22)32(35)36/h3-15,20,26H,16-19H2,1-2H3,(H,30,34)/t26-/m0/s1. The second-order valence-corrected chi connectivity index (χ2v) is 10.4. The molecule has 0 aliphatic carbocycles. The number of rotatable bonds is 12. The smallest absolute Gasteiger partial charge is 0.269 e. The highest BCUT2D eigenvalue weighted by atomic mass is 35.5. The first-order chi connectivity index (χ1) is 17.7. The van der Waals surface area contributed by atoms with Crippen LogP contribution in [0.5, 0.6) is 0 Å². The number of nitro benzene ring substituents is 1. The van der Waals surface area contributed by atoms with Crippen LogP contribution in [0, 0.1) is 10.1 Å². The van der Waals surface area contributed by atoms with Crippen molar-refractivity contribution >= 4 is 40.9 Å². The Morgan fingerprint density at radius 1 is 0.973 bits per heavy atom. The molecule has 0 bridgehead atoms. The fraction of sp³-hybridized carbons (Fsp3) is 0.286. The normalized spacial score (nSPS) is 11.7. The monoisotopic (exact) mass is 539 g/mol. The van der Waals surface area contributed by atoms with Gasteiger partial charge in [0.05, 0.1) is 10.7 Å². The van der Waals surface area contributed by atoms with Crippen LogP contribution in [0.15, 0.2) is 78.9 Å². The van der Waals surface area contributed by atoms with Crippen molar-refractivity contribution in [3.63, 3.8) is 0 Å². The van der Waals surface area contributed by atoms with Crippen LogP contribution >= 0.6 is 23.4 Å². The minimum absolute atomic E-state index is 0.0254. The second-order valence-electron chi connectivity index (χ2n) is 8.94. The van der Waals surface area contributed by atoms with Gasteiger partial charge in [-0.3, -0.25) is 19.7 Å². The van der Waals surface area contributed by atoms with Crippen molar-refractivity contribution in [2.24, 2.45) is 0 Å². The molecule has 2 amide bonds. The van der Waals surface area contributed by atoms with Crippen LogP contribution in [0.3, 0.4) is 0 Å². The molecule has 3 aromatic rings. The van der Waals surface area contributed by atoms with Crippen LogP contribution in [0.4, 0.5) is 5.69 Å². The minimum Gasteiger partial charge on any atom is -0.352 e. The summed E-state index contributed by atoms with van der Waals surface area (Å²) in [5.74, 6) is 0.273. The van der Waals surface area contributed by atoms with Crippen molar-refractivity contribution < 1.29 is 14.5 Å². The number of carbonyl (C=O) groups excluding carboxylic acids is 2. The largest absolute Gasteiger partial charge is 0.352 e. The van der Waals surface area contributed by atoms with Gasteiger partial charge in [-0.05, 0) is 42.7 Å². The number of hydrogen-bond acceptors (Lipinski definition) is 5. The van der Waals surface area contributed by atoms with E-state index in [1.807, 2.05) is 56.3 Å². The van der Waals surface area contributed by atoms with Crippen molar-refractivity contribution in [1.29, 1.82) is 0 Å². The van der Waals surface area contributed by atoms with Crippen molar-refractivity contribution in [3.8, 4) is 0 Å². The van der Waals surface area contributed by atoms with E-state index in [0.29, 0.717) is 17.2 Å². The Kier molecular flexibility index (Phi) is 10.5. The molecule has 7 nitrogen and oxygen atoms in total. The molecule has 0 heterocycles. The van der Waals surface area contributed by atoms with Gasteiger partial charge in [0, 0.05) is 41.9 Å². The van der Waals surface area contributed by atoms with Gasteiger partial charge >= 0.3 is 0 Å². The number of thioether (sulfide) groups is 1. The van der Waals surface area contributed by atoms with Gasteiger partial charge in [0.15, 0.2) is 0 Å². The van der Waals surface area contributed by atoms with Gasteiger partial charge in [-0.1, -0.05) is 66.2 Å². The number of nitrogens with zero attached hydrogens (tertiary/aromatic N) is 2. The molecule has 0 fully saturated rings. The van der Waals surface area contributed by atoms with Crippen LogP contribution in [0.2, 0.25) is 5.02 Å². The van der Waals surface area contributed by atoms with Crippen LogP contribution in [0.1, 0.15) is 30.5 Å². The minimum atomic E-state index is -0.712. The summed E-state index contributed by atoms with van der Waals surface area (Å²) in [5.41, 5.74) is 2.69. The van der Waals surface area contributed by atoms with Gasteiger partial charge in [-0.15, -0.1) is 11.8 Å². The van der Waals surface area contributed by atoms with Gasteiger partial charge in [0.2, 0.25) is 11.8 Å². The average molecular weight is 540 g/mol. The van der Waals surface area contributed by atoms with Gasteiger partial charge < -0.3 is 10.2 Å². The topological polar surface area (TPSA) is 92.6 Å². The Balaban J connectivity index is 1.82. The molecule has 1 N–H and O–H groups in total. The summed E-state index contributed by atoms with van der Waals surface area (Å²) < 4.78 is 0. The summed E-state index contributed by atoms with van der Waals surface area (Å²) in [7, 11) is 0. The summed E-state index contributed by atoms with van der Waals surface area (Å²) in [5, 5.41) is 14.4. The van der Waals surface area contributed by atoms with Crippen LogP contribution in [-0.2, 0) is 28.3 Å². The molecule has 1 atom stereocenters. The zero-order valence-corrected chi connectivity index (χ0v) is 22.4. The maximum atomic E-state index is 13.6. The summed E-state index contributed by atoms with van der Waals surface area (Å²) >= 11 is 7.60. The molecule has 0 aliphatic rings. The molecule has 194 valence electrons. The number of carbonyl (C=O) groups is 2. The van der Waals surface area contributed by atoms with E-state index < -0.39 is 11.0 Å². The SMILES string of the molecule is CC(C)NC(=O)[C@H](Cc1ccccc1)N(Cc1cccc(Cl)c1)C(=O)CSCc1ccc([N+](=O)[O-])cc1. The van der Waals surface area contributed by atoms with E-state index in [1.54, 1.807) is 29.2 Å². The van der Waals surface area contributed by atoms with Gasteiger partial charge in [-0.25, -0.2) is 0 Å². The molecule has 3 rings (SSSR count). The molecule has 3 aromatic carbocycles. The van der Waals surface area contributed by atoms with E-state index in [-0.39, 0.29) is 35.8 Å². The number of halogens is 1. The molecule has 0 unspecified atom stereocenters. The molecule has 0 saturated carbocycles. The maximum Gasteiger partial charge on any atom is 0.269 e. The molecular weight excluding hydrogens is 510 g/mol. The summed E-state index contributed by atoms with van der Waals surface area (Å²) in [4.78, 5) is 39.0. The number of nitro groups is 1. The Hall–Kier alpha value is -3.36. The highest BCUT2D eigenvalue weighted by Gasteiger charge is 2.30. The molecule has 0 aliphatic heterocycles. The quantitative estimate of drug-likeness (QED) is 0.237. The lowest BCUT2D eigenvalue weighted by atomic mass is 10.0. The number of amides is 2. The van der Waals surface area contributed by atoms with E-state index in [0.717, 1.165) is 16.7 Å². The Morgan fingerprint density at radius 3 is 2.27 bits per heavy atom. The van der Waals surface area contributed by atoms with Crippen LogP contribution in [0.25, 0.3) is 0 Å². The lowest BCUT2D eigenvalue weighted by molar-refractivity contribution is -0.384. The number of benzene rings is 3. The lowest BCUT2D eigenvalue weighted by Gasteiger charge is -2.32. The molecular formula is C28H30ClN3O4S. The second kappa shape index (κ2) is 13.8. The van der Waals surface area contributed by atoms with Crippen molar-refractivity contribution in [2.45, 2.75) is 44.6 Å². The van der Waals surface area contributed by atoms with E-state index in [9.17, 15) is 19.7 Å². The highest BCUT2D eigenvalue weighted by molar-refractivity contribution is 7.99.